The Morgan fingerprint density at radius 1 is 1.54 bits per heavy atom. The first-order valence-electron chi connectivity index (χ1n) is 4.83. The number of nitrogens with two attached hydrogens (primary N) is 1. The predicted octanol–water partition coefficient (Wildman–Crippen LogP) is -0.0369. The minimum Gasteiger partial charge on any atom is -0.381 e. The number of rotatable bonds is 4. The van der Waals surface area contributed by atoms with Crippen molar-refractivity contribution in [3.8, 4) is 12.3 Å². The van der Waals surface area contributed by atoms with Crippen molar-refractivity contribution in [2.24, 2.45) is 11.7 Å². The average molecular weight is 182 g/mol. The first kappa shape index (κ1) is 10.5. The number of hydrogen-bond acceptors (Lipinski definition) is 3. The molecule has 1 rings (SSSR count). The molecule has 74 valence electrons. The van der Waals surface area contributed by atoms with E-state index in [0.717, 1.165) is 26.1 Å². The fourth-order valence-electron chi connectivity index (χ4n) is 1.75. The zero-order valence-corrected chi connectivity index (χ0v) is 7.96. The zero-order chi connectivity index (χ0) is 9.52. The Hall–Kier alpha value is -0.560. The van der Waals surface area contributed by atoms with Gasteiger partial charge in [-0.3, -0.25) is 0 Å². The van der Waals surface area contributed by atoms with E-state index < -0.39 is 0 Å². The normalized spacial score (nSPS) is 20.9. The van der Waals surface area contributed by atoms with E-state index in [1.165, 1.54) is 0 Å². The van der Waals surface area contributed by atoms with E-state index in [4.69, 9.17) is 16.9 Å². The van der Waals surface area contributed by atoms with Crippen molar-refractivity contribution in [2.75, 3.05) is 26.3 Å². The van der Waals surface area contributed by atoms with Crippen LogP contribution in [0.3, 0.4) is 0 Å². The summed E-state index contributed by atoms with van der Waals surface area (Å²) in [5.74, 6) is 3.21. The number of hydrogen-bond donors (Lipinski definition) is 2. The quantitative estimate of drug-likeness (QED) is 0.600. The maximum atomic E-state index is 5.67. The second kappa shape index (κ2) is 5.98. The molecule has 13 heavy (non-hydrogen) atoms. The summed E-state index contributed by atoms with van der Waals surface area (Å²) in [7, 11) is 0. The lowest BCUT2D eigenvalue weighted by atomic mass is 9.92. The molecule has 3 nitrogen and oxygen atoms in total. The Balaban J connectivity index is 2.31. The van der Waals surface area contributed by atoms with Crippen LogP contribution >= 0.6 is 0 Å². The summed E-state index contributed by atoms with van der Waals surface area (Å²) >= 11 is 0. The lowest BCUT2D eigenvalue weighted by Gasteiger charge is -2.29. The van der Waals surface area contributed by atoms with Crippen LogP contribution in [0.1, 0.15) is 12.8 Å². The van der Waals surface area contributed by atoms with E-state index in [2.05, 4.69) is 11.2 Å². The molecule has 3 N–H and O–H groups in total. The molecular formula is C10H18N2O. The topological polar surface area (TPSA) is 47.3 Å². The summed E-state index contributed by atoms with van der Waals surface area (Å²) in [6.45, 7) is 2.99. The van der Waals surface area contributed by atoms with Gasteiger partial charge in [0, 0.05) is 25.8 Å². The fraction of sp³-hybridized carbons (Fsp3) is 0.800. The van der Waals surface area contributed by atoms with E-state index in [-0.39, 0.29) is 0 Å². The van der Waals surface area contributed by atoms with Crippen molar-refractivity contribution in [3.63, 3.8) is 0 Å². The third-order valence-corrected chi connectivity index (χ3v) is 2.56. The molecule has 0 aliphatic carbocycles. The molecule has 1 saturated heterocycles. The van der Waals surface area contributed by atoms with Crippen molar-refractivity contribution in [3.05, 3.63) is 0 Å². The average Bonchev–Trinajstić information content (AvgIpc) is 2.21. The van der Waals surface area contributed by atoms with Crippen LogP contribution in [0.15, 0.2) is 0 Å². The smallest absolute Gasteiger partial charge is 0.0576 e. The van der Waals surface area contributed by atoms with Crippen LogP contribution in [0.25, 0.3) is 0 Å². The van der Waals surface area contributed by atoms with Gasteiger partial charge in [0.1, 0.15) is 0 Å². The molecule has 1 atom stereocenters. The highest BCUT2D eigenvalue weighted by Crippen LogP contribution is 2.17. The van der Waals surface area contributed by atoms with Crippen LogP contribution in [-0.2, 0) is 4.74 Å². The second-order valence-electron chi connectivity index (χ2n) is 3.38. The molecule has 0 saturated carbocycles. The van der Waals surface area contributed by atoms with Gasteiger partial charge in [-0.2, -0.15) is 0 Å². The van der Waals surface area contributed by atoms with E-state index in [9.17, 15) is 0 Å². The Kier molecular flexibility index (Phi) is 4.84. The lowest BCUT2D eigenvalue weighted by Crippen LogP contribution is -2.44. The molecule has 1 aliphatic heterocycles. The molecule has 0 aromatic carbocycles. The summed E-state index contributed by atoms with van der Waals surface area (Å²) in [6.07, 6.45) is 7.38. The standard InChI is InChI=1S/C10H18N2O/c1-2-5-12-10(8-11)9-3-6-13-7-4-9/h1,9-10,12H,3-8,11H2. The molecule has 0 amide bonds. The van der Waals surface area contributed by atoms with Gasteiger partial charge in [-0.1, -0.05) is 5.92 Å². The van der Waals surface area contributed by atoms with Crippen molar-refractivity contribution in [1.82, 2.24) is 5.32 Å². The van der Waals surface area contributed by atoms with Crippen molar-refractivity contribution < 1.29 is 4.74 Å². The Labute approximate surface area is 80.0 Å². The summed E-state index contributed by atoms with van der Waals surface area (Å²) in [6, 6.07) is 0.361. The van der Waals surface area contributed by atoms with Crippen LogP contribution in [0, 0.1) is 18.3 Å². The first-order chi connectivity index (χ1) is 6.38. The Morgan fingerprint density at radius 3 is 2.77 bits per heavy atom. The molecule has 1 aliphatic rings. The molecule has 0 radical (unpaired) electrons. The van der Waals surface area contributed by atoms with Gasteiger partial charge in [-0.25, -0.2) is 0 Å². The fourth-order valence-corrected chi connectivity index (χ4v) is 1.75. The first-order valence-corrected chi connectivity index (χ1v) is 4.83. The SMILES string of the molecule is C#CCNC(CN)C1CCOCC1. The molecular weight excluding hydrogens is 164 g/mol. The van der Waals surface area contributed by atoms with Crippen molar-refractivity contribution in [1.29, 1.82) is 0 Å². The van der Waals surface area contributed by atoms with Crippen LogP contribution < -0.4 is 11.1 Å². The molecule has 0 bridgehead atoms. The van der Waals surface area contributed by atoms with Gasteiger partial charge in [0.15, 0.2) is 0 Å². The summed E-state index contributed by atoms with van der Waals surface area (Å²) in [5.41, 5.74) is 5.67. The monoisotopic (exact) mass is 182 g/mol. The van der Waals surface area contributed by atoms with Gasteiger partial charge in [-0.15, -0.1) is 6.42 Å². The lowest BCUT2D eigenvalue weighted by molar-refractivity contribution is 0.0553. The minimum absolute atomic E-state index is 0.361. The minimum atomic E-state index is 0.361. The van der Waals surface area contributed by atoms with Crippen molar-refractivity contribution in [2.45, 2.75) is 18.9 Å². The Morgan fingerprint density at radius 2 is 2.23 bits per heavy atom. The van der Waals surface area contributed by atoms with Crippen molar-refractivity contribution >= 4 is 0 Å². The maximum Gasteiger partial charge on any atom is 0.0576 e. The van der Waals surface area contributed by atoms with E-state index in [1.807, 2.05) is 0 Å². The molecule has 1 unspecified atom stereocenters. The molecule has 0 aromatic heterocycles. The van der Waals surface area contributed by atoms with Crippen LogP contribution in [-0.4, -0.2) is 32.3 Å². The second-order valence-corrected chi connectivity index (χ2v) is 3.38. The largest absolute Gasteiger partial charge is 0.381 e. The number of terminal acetylenes is 1. The van der Waals surface area contributed by atoms with Gasteiger partial charge in [0.2, 0.25) is 0 Å². The van der Waals surface area contributed by atoms with Gasteiger partial charge < -0.3 is 15.8 Å². The van der Waals surface area contributed by atoms with Gasteiger partial charge in [0.25, 0.3) is 0 Å². The van der Waals surface area contributed by atoms with E-state index in [1.54, 1.807) is 0 Å². The summed E-state index contributed by atoms with van der Waals surface area (Å²) in [4.78, 5) is 0. The third-order valence-electron chi connectivity index (χ3n) is 2.56. The highest BCUT2D eigenvalue weighted by molar-refractivity contribution is 4.90. The van der Waals surface area contributed by atoms with Crippen LogP contribution in [0.2, 0.25) is 0 Å². The van der Waals surface area contributed by atoms with E-state index >= 15 is 0 Å². The summed E-state index contributed by atoms with van der Waals surface area (Å²) in [5, 5.41) is 3.27. The predicted molar refractivity (Wildman–Crippen MR) is 53.2 cm³/mol. The van der Waals surface area contributed by atoms with Crippen LogP contribution in [0.5, 0.6) is 0 Å². The van der Waals surface area contributed by atoms with E-state index in [0.29, 0.717) is 25.0 Å². The van der Waals surface area contributed by atoms with Crippen LogP contribution in [0.4, 0.5) is 0 Å². The molecule has 0 aromatic rings. The van der Waals surface area contributed by atoms with Gasteiger partial charge >= 0.3 is 0 Å². The van der Waals surface area contributed by atoms with Gasteiger partial charge in [0.05, 0.1) is 6.54 Å². The molecule has 3 heteroatoms. The highest BCUT2D eigenvalue weighted by atomic mass is 16.5. The molecule has 1 heterocycles. The number of ether oxygens (including phenoxy) is 1. The Bertz CT molecular complexity index is 170. The number of nitrogens with one attached hydrogen (secondary N) is 1. The molecule has 1 fully saturated rings. The maximum absolute atomic E-state index is 5.67. The van der Waals surface area contributed by atoms with Gasteiger partial charge in [-0.05, 0) is 18.8 Å². The highest BCUT2D eigenvalue weighted by Gasteiger charge is 2.21. The zero-order valence-electron chi connectivity index (χ0n) is 7.96. The summed E-state index contributed by atoms with van der Waals surface area (Å²) < 4.78 is 5.29. The molecule has 0 spiro atoms. The third kappa shape index (κ3) is 3.35.